The van der Waals surface area contributed by atoms with Gasteiger partial charge >= 0.3 is 0 Å². The number of rotatable bonds is 6. The predicted octanol–water partition coefficient (Wildman–Crippen LogP) is 1.36. The van der Waals surface area contributed by atoms with Crippen LogP contribution in [-0.4, -0.2) is 29.5 Å². The average Bonchev–Trinajstić information content (AvgIpc) is 2.30. The number of hydrogen-bond acceptors (Lipinski definition) is 4. The summed E-state index contributed by atoms with van der Waals surface area (Å²) < 4.78 is 6.48. The van der Waals surface area contributed by atoms with Gasteiger partial charge in [-0.25, -0.2) is 4.68 Å². The summed E-state index contributed by atoms with van der Waals surface area (Å²) in [5.74, 6) is 0. The average molecular weight is 246 g/mol. The summed E-state index contributed by atoms with van der Waals surface area (Å²) in [6, 6.07) is 0. The van der Waals surface area contributed by atoms with E-state index in [1.807, 2.05) is 13.8 Å². The van der Waals surface area contributed by atoms with E-state index in [4.69, 9.17) is 16.3 Å². The first-order valence-electron chi connectivity index (χ1n) is 5.27. The Labute approximate surface area is 99.4 Å². The molecule has 0 aliphatic rings. The Morgan fingerprint density at radius 1 is 1.56 bits per heavy atom. The standard InChI is InChI=1S/C10H16ClN3O2/c1-3-14-10(15)9(11)8(7-13-14)12-5-6-16-4-2/h7,12H,3-6H2,1-2H3. The molecule has 1 rings (SSSR count). The van der Waals surface area contributed by atoms with Gasteiger partial charge in [-0.1, -0.05) is 11.6 Å². The lowest BCUT2D eigenvalue weighted by atomic mass is 10.4. The number of aromatic nitrogens is 2. The van der Waals surface area contributed by atoms with Crippen LogP contribution >= 0.6 is 11.6 Å². The molecule has 0 radical (unpaired) electrons. The zero-order valence-electron chi connectivity index (χ0n) is 9.49. The van der Waals surface area contributed by atoms with E-state index in [0.717, 1.165) is 0 Å². The molecule has 16 heavy (non-hydrogen) atoms. The molecule has 0 amide bonds. The largest absolute Gasteiger partial charge is 0.380 e. The molecule has 90 valence electrons. The van der Waals surface area contributed by atoms with Crippen molar-refractivity contribution in [3.8, 4) is 0 Å². The van der Waals surface area contributed by atoms with Crippen molar-refractivity contribution < 1.29 is 4.74 Å². The SMILES string of the molecule is CCOCCNc1cnn(CC)c(=O)c1Cl. The van der Waals surface area contributed by atoms with Gasteiger partial charge in [-0.15, -0.1) is 0 Å². The molecule has 0 aliphatic heterocycles. The molecule has 5 nitrogen and oxygen atoms in total. The molecule has 0 unspecified atom stereocenters. The third-order valence-electron chi connectivity index (χ3n) is 2.05. The maximum atomic E-state index is 11.6. The first-order chi connectivity index (χ1) is 7.70. The van der Waals surface area contributed by atoms with Crippen LogP contribution in [0.5, 0.6) is 0 Å². The molecule has 1 aromatic heterocycles. The highest BCUT2D eigenvalue weighted by Gasteiger charge is 2.07. The number of nitrogens with zero attached hydrogens (tertiary/aromatic N) is 2. The fourth-order valence-electron chi connectivity index (χ4n) is 1.22. The van der Waals surface area contributed by atoms with Crippen molar-refractivity contribution in [2.75, 3.05) is 25.1 Å². The molecule has 0 fully saturated rings. The number of anilines is 1. The third kappa shape index (κ3) is 3.21. The number of aryl methyl sites for hydroxylation is 1. The molecular formula is C10H16ClN3O2. The summed E-state index contributed by atoms with van der Waals surface area (Å²) in [5.41, 5.74) is 0.279. The van der Waals surface area contributed by atoms with Gasteiger partial charge in [0.05, 0.1) is 18.5 Å². The minimum atomic E-state index is -0.273. The molecule has 1 heterocycles. The van der Waals surface area contributed by atoms with Crippen LogP contribution in [0.3, 0.4) is 0 Å². The van der Waals surface area contributed by atoms with Gasteiger partial charge in [-0.2, -0.15) is 5.10 Å². The van der Waals surface area contributed by atoms with Crippen molar-refractivity contribution >= 4 is 17.3 Å². The Bertz CT molecular complexity index is 392. The minimum absolute atomic E-state index is 0.174. The molecule has 0 atom stereocenters. The Hall–Kier alpha value is -1.07. The predicted molar refractivity (Wildman–Crippen MR) is 64.2 cm³/mol. The number of ether oxygens (including phenoxy) is 1. The molecule has 1 aromatic rings. The second kappa shape index (κ2) is 6.50. The van der Waals surface area contributed by atoms with E-state index in [1.165, 1.54) is 4.68 Å². The highest BCUT2D eigenvalue weighted by molar-refractivity contribution is 6.32. The fraction of sp³-hybridized carbons (Fsp3) is 0.600. The van der Waals surface area contributed by atoms with E-state index in [-0.39, 0.29) is 10.6 Å². The van der Waals surface area contributed by atoms with E-state index in [2.05, 4.69) is 10.4 Å². The van der Waals surface area contributed by atoms with Crippen LogP contribution in [0.25, 0.3) is 0 Å². The van der Waals surface area contributed by atoms with Crippen LogP contribution in [0.4, 0.5) is 5.69 Å². The lowest BCUT2D eigenvalue weighted by Crippen LogP contribution is -2.24. The van der Waals surface area contributed by atoms with E-state index < -0.39 is 0 Å². The number of halogens is 1. The van der Waals surface area contributed by atoms with E-state index in [0.29, 0.717) is 32.0 Å². The van der Waals surface area contributed by atoms with Gasteiger partial charge in [0.2, 0.25) is 0 Å². The van der Waals surface area contributed by atoms with Crippen molar-refractivity contribution in [3.63, 3.8) is 0 Å². The number of nitrogens with one attached hydrogen (secondary N) is 1. The molecule has 0 saturated carbocycles. The lowest BCUT2D eigenvalue weighted by Gasteiger charge is -2.09. The Kier molecular flexibility index (Phi) is 5.28. The minimum Gasteiger partial charge on any atom is -0.380 e. The molecule has 0 bridgehead atoms. The molecule has 6 heteroatoms. The summed E-state index contributed by atoms with van der Waals surface area (Å²) in [6.07, 6.45) is 1.55. The molecule has 0 aromatic carbocycles. The second-order valence-corrected chi connectivity index (χ2v) is 3.49. The van der Waals surface area contributed by atoms with Gasteiger partial charge in [0.25, 0.3) is 5.56 Å². The van der Waals surface area contributed by atoms with Crippen LogP contribution in [0, 0.1) is 0 Å². The van der Waals surface area contributed by atoms with Gasteiger partial charge in [0, 0.05) is 19.7 Å². The van der Waals surface area contributed by atoms with Crippen LogP contribution < -0.4 is 10.9 Å². The molecule has 0 saturated heterocycles. The van der Waals surface area contributed by atoms with Gasteiger partial charge in [-0.3, -0.25) is 4.79 Å². The summed E-state index contributed by atoms with van der Waals surface area (Å²) in [7, 11) is 0. The van der Waals surface area contributed by atoms with Crippen molar-refractivity contribution in [2.45, 2.75) is 20.4 Å². The molecule has 0 aliphatic carbocycles. The van der Waals surface area contributed by atoms with Gasteiger partial charge < -0.3 is 10.1 Å². The van der Waals surface area contributed by atoms with Crippen LogP contribution in [0.15, 0.2) is 11.0 Å². The smallest absolute Gasteiger partial charge is 0.287 e. The normalized spacial score (nSPS) is 10.4. The van der Waals surface area contributed by atoms with Gasteiger partial charge in [0.15, 0.2) is 0 Å². The summed E-state index contributed by atoms with van der Waals surface area (Å²) in [5, 5.41) is 7.15. The monoisotopic (exact) mass is 245 g/mol. The molecular weight excluding hydrogens is 230 g/mol. The zero-order valence-corrected chi connectivity index (χ0v) is 10.3. The van der Waals surface area contributed by atoms with Crippen LogP contribution in [0.2, 0.25) is 5.02 Å². The quantitative estimate of drug-likeness (QED) is 0.769. The van der Waals surface area contributed by atoms with E-state index in [1.54, 1.807) is 6.20 Å². The summed E-state index contributed by atoms with van der Waals surface area (Å²) in [6.45, 7) is 6.13. The highest BCUT2D eigenvalue weighted by atomic mass is 35.5. The second-order valence-electron chi connectivity index (χ2n) is 3.12. The summed E-state index contributed by atoms with van der Waals surface area (Å²) >= 11 is 5.91. The fourth-order valence-corrected chi connectivity index (χ4v) is 1.43. The molecule has 0 spiro atoms. The first kappa shape index (κ1) is 13.0. The third-order valence-corrected chi connectivity index (χ3v) is 2.42. The van der Waals surface area contributed by atoms with Crippen molar-refractivity contribution in [1.82, 2.24) is 9.78 Å². The maximum absolute atomic E-state index is 11.6. The van der Waals surface area contributed by atoms with Gasteiger partial charge in [0.1, 0.15) is 5.02 Å². The summed E-state index contributed by atoms with van der Waals surface area (Å²) in [4.78, 5) is 11.6. The zero-order chi connectivity index (χ0) is 12.0. The Balaban J connectivity index is 2.68. The topological polar surface area (TPSA) is 56.1 Å². The molecule has 1 N–H and O–H groups in total. The van der Waals surface area contributed by atoms with Crippen LogP contribution in [0.1, 0.15) is 13.8 Å². The lowest BCUT2D eigenvalue weighted by molar-refractivity contribution is 0.158. The Morgan fingerprint density at radius 2 is 2.31 bits per heavy atom. The highest BCUT2D eigenvalue weighted by Crippen LogP contribution is 2.14. The van der Waals surface area contributed by atoms with Crippen molar-refractivity contribution in [1.29, 1.82) is 0 Å². The number of hydrogen-bond donors (Lipinski definition) is 1. The Morgan fingerprint density at radius 3 is 2.94 bits per heavy atom. The van der Waals surface area contributed by atoms with Crippen LogP contribution in [-0.2, 0) is 11.3 Å². The maximum Gasteiger partial charge on any atom is 0.287 e. The van der Waals surface area contributed by atoms with Gasteiger partial charge in [-0.05, 0) is 13.8 Å². The van der Waals surface area contributed by atoms with Crippen molar-refractivity contribution in [2.24, 2.45) is 0 Å². The van der Waals surface area contributed by atoms with E-state index >= 15 is 0 Å². The van der Waals surface area contributed by atoms with E-state index in [9.17, 15) is 4.79 Å². The first-order valence-corrected chi connectivity index (χ1v) is 5.65. The van der Waals surface area contributed by atoms with Crippen molar-refractivity contribution in [3.05, 3.63) is 21.6 Å².